The number of hydrogen-bond acceptors (Lipinski definition) is 11. The molecule has 17 heteroatoms. The molecule has 2 saturated heterocycles. The number of hydrogen-bond donors (Lipinski definition) is 3. The van der Waals surface area contributed by atoms with Gasteiger partial charge in [-0.25, -0.2) is 24.5 Å². The van der Waals surface area contributed by atoms with Gasteiger partial charge in [-0.1, -0.05) is 29.3 Å². The number of nitrogen functional groups attached to an aromatic ring is 1. The smallest absolute Gasteiger partial charge is 0.421 e. The lowest BCUT2D eigenvalue weighted by molar-refractivity contribution is -0.196. The van der Waals surface area contributed by atoms with Crippen molar-refractivity contribution in [3.63, 3.8) is 0 Å². The van der Waals surface area contributed by atoms with Crippen molar-refractivity contribution in [2.24, 2.45) is 0 Å². The van der Waals surface area contributed by atoms with Crippen molar-refractivity contribution >= 4 is 56.5 Å². The van der Waals surface area contributed by atoms with Crippen molar-refractivity contribution in [3.05, 3.63) is 46.5 Å². The van der Waals surface area contributed by atoms with Crippen LogP contribution in [0.4, 0.5) is 10.6 Å². The number of aromatic nitrogens is 4. The van der Waals surface area contributed by atoms with Crippen LogP contribution in [0.1, 0.15) is 32.1 Å². The van der Waals surface area contributed by atoms with Gasteiger partial charge >= 0.3 is 16.3 Å². The van der Waals surface area contributed by atoms with E-state index in [4.69, 9.17) is 47.9 Å². The van der Waals surface area contributed by atoms with Crippen molar-refractivity contribution in [3.8, 4) is 0 Å². The number of fused-ring (bicyclic) bond motifs is 2. The maximum atomic E-state index is 12.4. The fraction of sp³-hybridized carbons (Fsp3) is 0.478. The van der Waals surface area contributed by atoms with E-state index in [1.807, 2.05) is 4.72 Å². The Labute approximate surface area is 239 Å². The van der Waals surface area contributed by atoms with E-state index in [0.29, 0.717) is 27.6 Å². The van der Waals surface area contributed by atoms with Crippen molar-refractivity contribution in [1.29, 1.82) is 0 Å². The highest BCUT2D eigenvalue weighted by Crippen LogP contribution is 2.44. The number of nitrogens with zero attached hydrogens (tertiary/aromatic N) is 4. The molecule has 3 aromatic rings. The summed E-state index contributed by atoms with van der Waals surface area (Å²) in [4.78, 5) is 24.5. The fourth-order valence-electron chi connectivity index (χ4n) is 4.64. The van der Waals surface area contributed by atoms with Crippen molar-refractivity contribution in [2.45, 2.75) is 57.0 Å². The quantitative estimate of drug-likeness (QED) is 0.321. The van der Waals surface area contributed by atoms with Crippen molar-refractivity contribution in [2.75, 3.05) is 18.9 Å². The van der Waals surface area contributed by atoms with E-state index < -0.39 is 46.6 Å². The third-order valence-electron chi connectivity index (χ3n) is 6.33. The molecule has 2 aliphatic rings. The Kier molecular flexibility index (Phi) is 8.07. The summed E-state index contributed by atoms with van der Waals surface area (Å²) in [5.41, 5.74) is 7.58. The van der Waals surface area contributed by atoms with Crippen LogP contribution in [0.2, 0.25) is 10.0 Å². The van der Waals surface area contributed by atoms with Gasteiger partial charge in [0.2, 0.25) is 0 Å². The highest BCUT2D eigenvalue weighted by molar-refractivity contribution is 7.88. The van der Waals surface area contributed by atoms with Crippen molar-refractivity contribution in [1.82, 2.24) is 29.0 Å². The molecule has 2 aliphatic heterocycles. The second kappa shape index (κ2) is 11.2. The topological polar surface area (TPSA) is 182 Å². The zero-order valence-corrected chi connectivity index (χ0v) is 23.7. The van der Waals surface area contributed by atoms with Gasteiger partial charge in [-0.05, 0) is 38.0 Å². The largest absolute Gasteiger partial charge is 0.448 e. The summed E-state index contributed by atoms with van der Waals surface area (Å²) in [6.45, 7) is 3.44. The predicted molar refractivity (Wildman–Crippen MR) is 144 cm³/mol. The van der Waals surface area contributed by atoms with Crippen LogP contribution >= 0.6 is 23.2 Å². The number of anilines is 1. The predicted octanol–water partition coefficient (Wildman–Crippen LogP) is 2.33. The molecular formula is C23H27Cl2N7O7S. The summed E-state index contributed by atoms with van der Waals surface area (Å²) >= 11 is 11.8. The Morgan fingerprint density at radius 2 is 1.95 bits per heavy atom. The van der Waals surface area contributed by atoms with Gasteiger partial charge in [-0.15, -0.1) is 0 Å². The summed E-state index contributed by atoms with van der Waals surface area (Å²) in [6.07, 6.45) is 0.0641. The molecule has 216 valence electrons. The molecule has 14 nitrogen and oxygen atoms in total. The maximum absolute atomic E-state index is 12.4. The number of rotatable bonds is 9. The van der Waals surface area contributed by atoms with Gasteiger partial charge in [-0.2, -0.15) is 13.1 Å². The van der Waals surface area contributed by atoms with E-state index in [0.717, 1.165) is 5.56 Å². The highest BCUT2D eigenvalue weighted by Gasteiger charge is 2.55. The molecule has 0 aliphatic carbocycles. The summed E-state index contributed by atoms with van der Waals surface area (Å²) in [5, 5.41) is 0.774. The molecule has 0 spiro atoms. The molecular weight excluding hydrogens is 589 g/mol. The Balaban J connectivity index is 1.15. The van der Waals surface area contributed by atoms with Gasteiger partial charge < -0.3 is 24.7 Å². The van der Waals surface area contributed by atoms with Gasteiger partial charge in [0.25, 0.3) is 0 Å². The fourth-order valence-corrected chi connectivity index (χ4v) is 5.70. The zero-order chi connectivity index (χ0) is 28.7. The Morgan fingerprint density at radius 1 is 1.18 bits per heavy atom. The van der Waals surface area contributed by atoms with Crippen molar-refractivity contribution < 1.29 is 32.2 Å². The first kappa shape index (κ1) is 28.7. The summed E-state index contributed by atoms with van der Waals surface area (Å²) in [6, 6.07) is 4.99. The van der Waals surface area contributed by atoms with E-state index in [-0.39, 0.29) is 25.4 Å². The second-order valence-corrected chi connectivity index (χ2v) is 11.9. The number of amides is 1. The molecule has 0 radical (unpaired) electrons. The molecule has 2 aromatic heterocycles. The minimum Gasteiger partial charge on any atom is -0.448 e. The van der Waals surface area contributed by atoms with E-state index in [2.05, 4.69) is 19.7 Å². The number of nitrogens with one attached hydrogen (secondary N) is 2. The summed E-state index contributed by atoms with van der Waals surface area (Å²) < 4.78 is 54.0. The van der Waals surface area contributed by atoms with Crippen LogP contribution in [-0.4, -0.2) is 71.3 Å². The van der Waals surface area contributed by atoms with Crippen LogP contribution in [0, 0.1) is 0 Å². The Bertz CT molecular complexity index is 1520. The molecule has 0 unspecified atom stereocenters. The molecule has 5 rings (SSSR count). The van der Waals surface area contributed by atoms with Crippen LogP contribution in [0.25, 0.3) is 11.2 Å². The lowest BCUT2D eigenvalue weighted by Gasteiger charge is -2.24. The monoisotopic (exact) mass is 615 g/mol. The number of halogens is 2. The lowest BCUT2D eigenvalue weighted by atomic mass is 10.1. The van der Waals surface area contributed by atoms with Crippen LogP contribution in [-0.2, 0) is 35.6 Å². The number of carbonyl (C=O) groups excluding carboxylic acids is 1. The first-order valence-corrected chi connectivity index (χ1v) is 14.5. The number of imidazole rings is 1. The van der Waals surface area contributed by atoms with E-state index in [1.165, 1.54) is 12.7 Å². The van der Waals surface area contributed by atoms with Crippen LogP contribution in [0.5, 0.6) is 0 Å². The summed E-state index contributed by atoms with van der Waals surface area (Å²) in [7, 11) is -4.20. The molecule has 2 fully saturated rings. The molecule has 0 saturated carbocycles. The summed E-state index contributed by atoms with van der Waals surface area (Å²) in [5.74, 6) is -0.657. The average Bonchev–Trinajstić information content (AvgIpc) is 3.53. The SMILES string of the molecule is CC1(C)O[C@@H]2[C@H](O1)[C@@H](CCNS(=O)(=O)NC(=O)OCCc1ccc(Cl)c(Cl)c1)O[C@H]2n1cnc2c(N)ncnc21. The first-order chi connectivity index (χ1) is 18.9. The van der Waals surface area contributed by atoms with Crippen LogP contribution in [0.15, 0.2) is 30.9 Å². The third-order valence-corrected chi connectivity index (χ3v) is 8.09. The van der Waals surface area contributed by atoms with Crippen LogP contribution < -0.4 is 15.2 Å². The molecule has 1 aromatic carbocycles. The molecule has 4 heterocycles. The minimum atomic E-state index is -4.20. The third kappa shape index (κ3) is 6.25. The standard InChI is InChI=1S/C23H27Cl2N7O7S/c1-23(2)38-17-15(37-21(18(17)39-23)32-11-29-16-19(26)27-10-28-20(16)32)5-7-30-40(34,35)31-22(33)36-8-6-12-3-4-13(24)14(25)9-12/h3-4,9-11,15,17-18,21,30H,5-8H2,1-2H3,(H,31,33)(H2,26,27,28)/t15-,17-,18-,21-/m1/s1. The Morgan fingerprint density at radius 3 is 2.73 bits per heavy atom. The van der Waals surface area contributed by atoms with Gasteiger partial charge in [-0.3, -0.25) is 4.57 Å². The zero-order valence-electron chi connectivity index (χ0n) is 21.4. The maximum Gasteiger partial charge on any atom is 0.421 e. The first-order valence-electron chi connectivity index (χ1n) is 12.2. The van der Waals surface area contributed by atoms with E-state index in [9.17, 15) is 13.2 Å². The normalized spacial score (nSPS) is 23.8. The number of nitrogens with two attached hydrogens (primary N) is 1. The molecule has 1 amide bonds. The Hall–Kier alpha value is -2.79. The van der Waals surface area contributed by atoms with Gasteiger partial charge in [0.1, 0.15) is 24.1 Å². The van der Waals surface area contributed by atoms with E-state index in [1.54, 1.807) is 36.6 Å². The number of ether oxygens (including phenoxy) is 4. The number of carbonyl (C=O) groups is 1. The molecule has 0 bridgehead atoms. The lowest BCUT2D eigenvalue weighted by Crippen LogP contribution is -2.42. The number of benzene rings is 1. The van der Waals surface area contributed by atoms with Gasteiger partial charge in [0, 0.05) is 13.0 Å². The molecule has 40 heavy (non-hydrogen) atoms. The second-order valence-electron chi connectivity index (χ2n) is 9.64. The highest BCUT2D eigenvalue weighted by atomic mass is 35.5. The van der Waals surface area contributed by atoms with Gasteiger partial charge in [0.05, 0.1) is 29.1 Å². The average molecular weight is 616 g/mol. The van der Waals surface area contributed by atoms with Gasteiger partial charge in [0.15, 0.2) is 23.5 Å². The minimum absolute atomic E-state index is 0.0594. The van der Waals surface area contributed by atoms with Crippen LogP contribution in [0.3, 0.4) is 0 Å². The molecule has 4 atom stereocenters. The molecule has 4 N–H and O–H groups in total. The van der Waals surface area contributed by atoms with E-state index >= 15 is 0 Å².